The summed E-state index contributed by atoms with van der Waals surface area (Å²) >= 11 is 0. The predicted octanol–water partition coefficient (Wildman–Crippen LogP) is 2.03. The summed E-state index contributed by atoms with van der Waals surface area (Å²) in [5, 5.41) is 8.29. The van der Waals surface area contributed by atoms with E-state index < -0.39 is 0 Å². The van der Waals surface area contributed by atoms with Crippen LogP contribution in [0.4, 0.5) is 0 Å². The maximum absolute atomic E-state index is 12.6. The molecule has 2 aromatic heterocycles. The number of benzene rings is 1. The fraction of sp³-hybridized carbons (Fsp3) is 0.294. The summed E-state index contributed by atoms with van der Waals surface area (Å²) in [6, 6.07) is 9.36. The van der Waals surface area contributed by atoms with E-state index in [4.69, 9.17) is 4.74 Å². The number of nitrogens with zero attached hydrogens (tertiary/aromatic N) is 3. The Kier molecular flexibility index (Phi) is 4.16. The third-order valence-electron chi connectivity index (χ3n) is 4.00. The van der Waals surface area contributed by atoms with Gasteiger partial charge in [-0.1, -0.05) is 6.07 Å². The average Bonchev–Trinajstić information content (AvgIpc) is 3.13. The standard InChI is InChI=1S/C17H20N4O2/c1-20-9-7-12-4-5-13(10-16(12)20)17(22)19-14(11-23-3)15-6-8-18-21(15)2/h4-10,14H,11H2,1-3H3,(H,19,22)/t14-/m1/s1. The lowest BCUT2D eigenvalue weighted by molar-refractivity contribution is 0.0892. The molecule has 0 spiro atoms. The molecule has 0 fully saturated rings. The van der Waals surface area contributed by atoms with Crippen LogP contribution < -0.4 is 5.32 Å². The molecular formula is C17H20N4O2. The molecule has 0 aliphatic heterocycles. The number of amides is 1. The van der Waals surface area contributed by atoms with Gasteiger partial charge in [-0.3, -0.25) is 9.48 Å². The van der Waals surface area contributed by atoms with E-state index in [0.29, 0.717) is 12.2 Å². The second kappa shape index (κ2) is 6.26. The number of hydrogen-bond donors (Lipinski definition) is 1. The number of carbonyl (C=O) groups is 1. The molecule has 2 heterocycles. The van der Waals surface area contributed by atoms with Crippen molar-refractivity contribution in [3.05, 3.63) is 54.0 Å². The van der Waals surface area contributed by atoms with Crippen molar-refractivity contribution in [3.63, 3.8) is 0 Å². The molecule has 0 aliphatic carbocycles. The fourth-order valence-corrected chi connectivity index (χ4v) is 2.74. The molecule has 23 heavy (non-hydrogen) atoms. The molecule has 3 aromatic rings. The molecular weight excluding hydrogens is 292 g/mol. The summed E-state index contributed by atoms with van der Waals surface area (Å²) in [4.78, 5) is 12.6. The van der Waals surface area contributed by atoms with Gasteiger partial charge in [-0.05, 0) is 29.7 Å². The van der Waals surface area contributed by atoms with Crippen LogP contribution >= 0.6 is 0 Å². The Balaban J connectivity index is 1.85. The Morgan fingerprint density at radius 2 is 2.13 bits per heavy atom. The minimum absolute atomic E-state index is 0.128. The molecule has 120 valence electrons. The zero-order valence-electron chi connectivity index (χ0n) is 13.5. The summed E-state index contributed by atoms with van der Waals surface area (Å²) < 4.78 is 8.98. The molecule has 0 radical (unpaired) electrons. The first-order chi connectivity index (χ1) is 11.1. The van der Waals surface area contributed by atoms with Crippen LogP contribution in [0, 0.1) is 0 Å². The normalized spacial score (nSPS) is 12.5. The van der Waals surface area contributed by atoms with Gasteiger partial charge in [0.1, 0.15) is 0 Å². The molecule has 1 N–H and O–H groups in total. The second-order valence-corrected chi connectivity index (χ2v) is 5.56. The number of carbonyl (C=O) groups excluding carboxylic acids is 1. The van der Waals surface area contributed by atoms with Crippen molar-refractivity contribution in [1.29, 1.82) is 0 Å². The van der Waals surface area contributed by atoms with Crippen LogP contribution in [0.1, 0.15) is 22.1 Å². The molecule has 1 atom stereocenters. The van der Waals surface area contributed by atoms with Crippen molar-refractivity contribution in [2.45, 2.75) is 6.04 Å². The van der Waals surface area contributed by atoms with Crippen LogP contribution in [0.3, 0.4) is 0 Å². The average molecular weight is 312 g/mol. The molecule has 0 saturated heterocycles. The van der Waals surface area contributed by atoms with Crippen molar-refractivity contribution in [1.82, 2.24) is 19.7 Å². The summed E-state index contributed by atoms with van der Waals surface area (Å²) in [7, 11) is 5.43. The first kappa shape index (κ1) is 15.3. The van der Waals surface area contributed by atoms with Gasteiger partial charge in [0.2, 0.25) is 0 Å². The van der Waals surface area contributed by atoms with E-state index in [1.54, 1.807) is 18.0 Å². The molecule has 6 heteroatoms. The molecule has 1 amide bonds. The van der Waals surface area contributed by atoms with E-state index in [1.807, 2.05) is 55.2 Å². The van der Waals surface area contributed by atoms with Gasteiger partial charge in [0, 0.05) is 44.7 Å². The van der Waals surface area contributed by atoms with Crippen molar-refractivity contribution in [2.24, 2.45) is 14.1 Å². The molecule has 0 saturated carbocycles. The van der Waals surface area contributed by atoms with Crippen LogP contribution in [0.5, 0.6) is 0 Å². The molecule has 3 rings (SSSR count). The Bertz CT molecular complexity index is 834. The van der Waals surface area contributed by atoms with Gasteiger partial charge in [0.15, 0.2) is 0 Å². The maximum atomic E-state index is 12.6. The van der Waals surface area contributed by atoms with Gasteiger partial charge in [-0.2, -0.15) is 5.10 Å². The summed E-state index contributed by atoms with van der Waals surface area (Å²) in [6.07, 6.45) is 3.69. The van der Waals surface area contributed by atoms with Crippen molar-refractivity contribution in [2.75, 3.05) is 13.7 Å². The Morgan fingerprint density at radius 1 is 1.30 bits per heavy atom. The van der Waals surface area contributed by atoms with E-state index in [1.165, 1.54) is 0 Å². The maximum Gasteiger partial charge on any atom is 0.251 e. The molecule has 0 aliphatic rings. The monoisotopic (exact) mass is 312 g/mol. The van der Waals surface area contributed by atoms with E-state index in [9.17, 15) is 4.79 Å². The Morgan fingerprint density at radius 3 is 2.83 bits per heavy atom. The van der Waals surface area contributed by atoms with Crippen LogP contribution in [0.2, 0.25) is 0 Å². The zero-order chi connectivity index (χ0) is 16.4. The summed E-state index contributed by atoms with van der Waals surface area (Å²) in [6.45, 7) is 0.387. The smallest absolute Gasteiger partial charge is 0.251 e. The Hall–Kier alpha value is -2.60. The van der Waals surface area contributed by atoms with Crippen molar-refractivity contribution in [3.8, 4) is 0 Å². The van der Waals surface area contributed by atoms with Crippen LogP contribution in [-0.2, 0) is 18.8 Å². The predicted molar refractivity (Wildman–Crippen MR) is 88.2 cm³/mol. The minimum atomic E-state index is -0.246. The van der Waals surface area contributed by atoms with E-state index in [0.717, 1.165) is 16.6 Å². The first-order valence-corrected chi connectivity index (χ1v) is 7.43. The van der Waals surface area contributed by atoms with Gasteiger partial charge >= 0.3 is 0 Å². The lowest BCUT2D eigenvalue weighted by Gasteiger charge is -2.18. The first-order valence-electron chi connectivity index (χ1n) is 7.43. The summed E-state index contributed by atoms with van der Waals surface area (Å²) in [5.41, 5.74) is 2.56. The number of nitrogens with one attached hydrogen (secondary N) is 1. The third-order valence-corrected chi connectivity index (χ3v) is 4.00. The summed E-state index contributed by atoms with van der Waals surface area (Å²) in [5.74, 6) is -0.128. The van der Waals surface area contributed by atoms with Crippen molar-refractivity contribution < 1.29 is 9.53 Å². The van der Waals surface area contributed by atoms with Crippen LogP contribution in [-0.4, -0.2) is 34.0 Å². The highest BCUT2D eigenvalue weighted by Crippen LogP contribution is 2.18. The zero-order valence-corrected chi connectivity index (χ0v) is 13.5. The molecule has 0 bridgehead atoms. The van der Waals surface area contributed by atoms with Gasteiger partial charge in [0.05, 0.1) is 18.3 Å². The molecule has 0 unspecified atom stereocenters. The lowest BCUT2D eigenvalue weighted by atomic mass is 10.1. The number of hydrogen-bond acceptors (Lipinski definition) is 3. The number of methoxy groups -OCH3 is 1. The van der Waals surface area contributed by atoms with Gasteiger partial charge in [-0.15, -0.1) is 0 Å². The highest BCUT2D eigenvalue weighted by Gasteiger charge is 2.19. The highest BCUT2D eigenvalue weighted by molar-refractivity contribution is 5.98. The quantitative estimate of drug-likeness (QED) is 0.784. The molecule has 6 nitrogen and oxygen atoms in total. The Labute approximate surface area is 134 Å². The second-order valence-electron chi connectivity index (χ2n) is 5.56. The molecule has 1 aromatic carbocycles. The number of aryl methyl sites for hydroxylation is 2. The van der Waals surface area contributed by atoms with Gasteiger partial charge in [-0.25, -0.2) is 0 Å². The highest BCUT2D eigenvalue weighted by atomic mass is 16.5. The van der Waals surface area contributed by atoms with E-state index in [2.05, 4.69) is 10.4 Å². The SMILES string of the molecule is COC[C@@H](NC(=O)c1ccc2ccn(C)c2c1)c1ccnn1C. The largest absolute Gasteiger partial charge is 0.382 e. The van der Waals surface area contributed by atoms with Gasteiger partial charge in [0.25, 0.3) is 5.91 Å². The number of ether oxygens (including phenoxy) is 1. The van der Waals surface area contributed by atoms with Crippen LogP contribution in [0.25, 0.3) is 10.9 Å². The van der Waals surface area contributed by atoms with Gasteiger partial charge < -0.3 is 14.6 Å². The van der Waals surface area contributed by atoms with E-state index >= 15 is 0 Å². The lowest BCUT2D eigenvalue weighted by Crippen LogP contribution is -2.32. The fourth-order valence-electron chi connectivity index (χ4n) is 2.74. The van der Waals surface area contributed by atoms with Crippen molar-refractivity contribution >= 4 is 16.8 Å². The third kappa shape index (κ3) is 2.98. The number of rotatable bonds is 5. The number of fused-ring (bicyclic) bond motifs is 1. The number of aromatic nitrogens is 3. The minimum Gasteiger partial charge on any atom is -0.382 e. The topological polar surface area (TPSA) is 61.1 Å². The van der Waals surface area contributed by atoms with E-state index in [-0.39, 0.29) is 11.9 Å². The van der Waals surface area contributed by atoms with Crippen LogP contribution in [0.15, 0.2) is 42.7 Å².